The summed E-state index contributed by atoms with van der Waals surface area (Å²) in [5.74, 6) is -0.953. The van der Waals surface area contributed by atoms with Gasteiger partial charge in [0.1, 0.15) is 5.75 Å². The summed E-state index contributed by atoms with van der Waals surface area (Å²) >= 11 is 0. The third-order valence-electron chi connectivity index (χ3n) is 3.93. The lowest BCUT2D eigenvalue weighted by molar-refractivity contribution is 0.0690. The molecular weight excluding hydrogens is 318 g/mol. The zero-order valence-corrected chi connectivity index (χ0v) is 13.0. The molecule has 6 nitrogen and oxygen atoms in total. The van der Waals surface area contributed by atoms with E-state index in [1.165, 1.54) is 10.6 Å². The van der Waals surface area contributed by atoms with E-state index in [4.69, 9.17) is 0 Å². The van der Waals surface area contributed by atoms with Gasteiger partial charge in [-0.15, -0.1) is 0 Å². The van der Waals surface area contributed by atoms with Crippen molar-refractivity contribution in [2.75, 3.05) is 0 Å². The SMILES string of the molecule is O=C(O)c1cc2ncc(-c3ccccc3)c(-c3ccc(O)cc3)n2n1. The van der Waals surface area contributed by atoms with Crippen molar-refractivity contribution in [3.8, 4) is 28.1 Å². The molecule has 0 radical (unpaired) electrons. The van der Waals surface area contributed by atoms with Gasteiger partial charge >= 0.3 is 5.97 Å². The number of carboxylic acids is 1. The predicted molar refractivity (Wildman–Crippen MR) is 92.5 cm³/mol. The molecule has 2 aromatic heterocycles. The van der Waals surface area contributed by atoms with Gasteiger partial charge in [-0.05, 0) is 29.8 Å². The molecule has 6 heteroatoms. The molecule has 2 N–H and O–H groups in total. The Morgan fingerprint density at radius 3 is 2.36 bits per heavy atom. The third kappa shape index (κ3) is 2.59. The van der Waals surface area contributed by atoms with E-state index in [2.05, 4.69) is 10.1 Å². The molecule has 0 amide bonds. The molecule has 0 aliphatic carbocycles. The van der Waals surface area contributed by atoms with Crippen LogP contribution >= 0.6 is 0 Å². The number of phenolic OH excluding ortho intramolecular Hbond substituents is 1. The molecule has 2 heterocycles. The Hall–Kier alpha value is -3.67. The number of nitrogens with zero attached hydrogens (tertiary/aromatic N) is 3. The molecule has 0 bridgehead atoms. The number of aromatic nitrogens is 3. The van der Waals surface area contributed by atoms with E-state index in [1.54, 1.807) is 30.5 Å². The second kappa shape index (κ2) is 5.76. The molecule has 0 saturated heterocycles. The Morgan fingerprint density at radius 2 is 1.68 bits per heavy atom. The number of carbonyl (C=O) groups is 1. The molecule has 2 aromatic carbocycles. The van der Waals surface area contributed by atoms with Gasteiger partial charge in [-0.3, -0.25) is 0 Å². The van der Waals surface area contributed by atoms with Crippen LogP contribution in [0.3, 0.4) is 0 Å². The number of carboxylic acid groups (broad SMARTS) is 1. The summed E-state index contributed by atoms with van der Waals surface area (Å²) in [5, 5.41) is 23.0. The van der Waals surface area contributed by atoms with Crippen molar-refractivity contribution >= 4 is 11.6 Å². The minimum Gasteiger partial charge on any atom is -0.508 e. The highest BCUT2D eigenvalue weighted by molar-refractivity contribution is 5.88. The molecule has 0 spiro atoms. The van der Waals surface area contributed by atoms with Gasteiger partial charge < -0.3 is 10.2 Å². The van der Waals surface area contributed by atoms with Crippen LogP contribution in [0.15, 0.2) is 66.9 Å². The van der Waals surface area contributed by atoms with Crippen molar-refractivity contribution < 1.29 is 15.0 Å². The number of fused-ring (bicyclic) bond motifs is 1. The Morgan fingerprint density at radius 1 is 0.960 bits per heavy atom. The van der Waals surface area contributed by atoms with Crippen LogP contribution in [0.2, 0.25) is 0 Å². The summed E-state index contributed by atoms with van der Waals surface area (Å²) in [6.45, 7) is 0. The van der Waals surface area contributed by atoms with E-state index < -0.39 is 5.97 Å². The van der Waals surface area contributed by atoms with Crippen molar-refractivity contribution in [2.24, 2.45) is 0 Å². The molecule has 0 aliphatic rings. The van der Waals surface area contributed by atoms with Crippen LogP contribution < -0.4 is 0 Å². The molecule has 4 rings (SSSR count). The fourth-order valence-electron chi connectivity index (χ4n) is 2.76. The van der Waals surface area contributed by atoms with Gasteiger partial charge in [-0.1, -0.05) is 30.3 Å². The van der Waals surface area contributed by atoms with Crippen LogP contribution in [0.5, 0.6) is 5.75 Å². The van der Waals surface area contributed by atoms with Crippen LogP contribution in [0.1, 0.15) is 10.5 Å². The van der Waals surface area contributed by atoms with Crippen LogP contribution in [-0.4, -0.2) is 30.8 Å². The Bertz CT molecular complexity index is 1070. The fraction of sp³-hybridized carbons (Fsp3) is 0. The molecule has 4 aromatic rings. The summed E-state index contributed by atoms with van der Waals surface area (Å²) < 4.78 is 1.53. The summed E-state index contributed by atoms with van der Waals surface area (Å²) in [7, 11) is 0. The van der Waals surface area contributed by atoms with E-state index >= 15 is 0 Å². The quantitative estimate of drug-likeness (QED) is 0.600. The minimum atomic E-state index is -1.11. The van der Waals surface area contributed by atoms with E-state index in [0.717, 1.165) is 16.7 Å². The van der Waals surface area contributed by atoms with Crippen LogP contribution in [0.25, 0.3) is 28.0 Å². The van der Waals surface area contributed by atoms with Crippen molar-refractivity contribution in [1.82, 2.24) is 14.6 Å². The first-order chi connectivity index (χ1) is 12.1. The van der Waals surface area contributed by atoms with E-state index in [9.17, 15) is 15.0 Å². The molecule has 0 fully saturated rings. The Kier molecular flexibility index (Phi) is 3.43. The summed E-state index contributed by atoms with van der Waals surface area (Å²) in [6.07, 6.45) is 1.71. The van der Waals surface area contributed by atoms with Crippen molar-refractivity contribution in [3.05, 3.63) is 72.6 Å². The average molecular weight is 331 g/mol. The van der Waals surface area contributed by atoms with Gasteiger partial charge in [0.2, 0.25) is 0 Å². The molecular formula is C19H13N3O3. The molecule has 25 heavy (non-hydrogen) atoms. The largest absolute Gasteiger partial charge is 0.508 e. The van der Waals surface area contributed by atoms with Gasteiger partial charge in [-0.2, -0.15) is 5.10 Å². The number of phenols is 1. The normalized spacial score (nSPS) is 10.9. The van der Waals surface area contributed by atoms with Crippen LogP contribution in [0, 0.1) is 0 Å². The maximum atomic E-state index is 11.3. The number of rotatable bonds is 3. The van der Waals surface area contributed by atoms with E-state index in [-0.39, 0.29) is 11.4 Å². The Labute approximate surface area is 142 Å². The van der Waals surface area contributed by atoms with Crippen LogP contribution in [0.4, 0.5) is 0 Å². The first kappa shape index (κ1) is 14.9. The second-order valence-corrected chi connectivity index (χ2v) is 5.54. The second-order valence-electron chi connectivity index (χ2n) is 5.54. The van der Waals surface area contributed by atoms with Crippen molar-refractivity contribution in [3.63, 3.8) is 0 Å². The van der Waals surface area contributed by atoms with Gasteiger partial charge in [-0.25, -0.2) is 14.3 Å². The van der Waals surface area contributed by atoms with E-state index in [1.807, 2.05) is 30.3 Å². The average Bonchev–Trinajstić information content (AvgIpc) is 3.07. The van der Waals surface area contributed by atoms with Crippen molar-refractivity contribution in [2.45, 2.75) is 0 Å². The van der Waals surface area contributed by atoms with Gasteiger partial charge in [0.25, 0.3) is 0 Å². The zero-order chi connectivity index (χ0) is 17.4. The monoisotopic (exact) mass is 331 g/mol. The van der Waals surface area contributed by atoms with Gasteiger partial charge in [0, 0.05) is 23.4 Å². The molecule has 0 saturated carbocycles. The minimum absolute atomic E-state index is 0.0715. The topological polar surface area (TPSA) is 87.7 Å². The molecule has 0 atom stereocenters. The van der Waals surface area contributed by atoms with E-state index in [0.29, 0.717) is 11.3 Å². The predicted octanol–water partition coefficient (Wildman–Crippen LogP) is 3.47. The number of hydrogen-bond acceptors (Lipinski definition) is 4. The molecule has 0 aliphatic heterocycles. The highest BCUT2D eigenvalue weighted by atomic mass is 16.4. The lowest BCUT2D eigenvalue weighted by Gasteiger charge is -2.12. The first-order valence-corrected chi connectivity index (χ1v) is 7.60. The highest BCUT2D eigenvalue weighted by Gasteiger charge is 2.17. The number of hydrogen-bond donors (Lipinski definition) is 2. The smallest absolute Gasteiger partial charge is 0.356 e. The maximum absolute atomic E-state index is 11.3. The molecule has 122 valence electrons. The molecule has 0 unspecified atom stereocenters. The zero-order valence-electron chi connectivity index (χ0n) is 13.0. The first-order valence-electron chi connectivity index (χ1n) is 7.60. The number of aromatic carboxylic acids is 1. The number of aromatic hydroxyl groups is 1. The van der Waals surface area contributed by atoms with Crippen molar-refractivity contribution in [1.29, 1.82) is 0 Å². The van der Waals surface area contributed by atoms with Gasteiger partial charge in [0.05, 0.1) is 5.69 Å². The third-order valence-corrected chi connectivity index (χ3v) is 3.93. The number of benzene rings is 2. The lowest BCUT2D eigenvalue weighted by atomic mass is 10.0. The van der Waals surface area contributed by atoms with Gasteiger partial charge in [0.15, 0.2) is 11.3 Å². The summed E-state index contributed by atoms with van der Waals surface area (Å²) in [5.41, 5.74) is 3.64. The maximum Gasteiger partial charge on any atom is 0.356 e. The lowest BCUT2D eigenvalue weighted by Crippen LogP contribution is -2.01. The fourth-order valence-corrected chi connectivity index (χ4v) is 2.76. The Balaban J connectivity index is 2.06. The highest BCUT2D eigenvalue weighted by Crippen LogP contribution is 2.32. The summed E-state index contributed by atoms with van der Waals surface area (Å²) in [4.78, 5) is 15.6. The summed E-state index contributed by atoms with van der Waals surface area (Å²) in [6, 6.07) is 17.8. The van der Waals surface area contributed by atoms with Crippen LogP contribution in [-0.2, 0) is 0 Å². The standard InChI is InChI=1S/C19H13N3O3/c23-14-8-6-13(7-9-14)18-15(12-4-2-1-3-5-12)11-20-17-10-16(19(24)25)21-22(17)18/h1-11,23H,(H,24,25).